The number of anilines is 1. The summed E-state index contributed by atoms with van der Waals surface area (Å²) in [7, 11) is 0. The molecule has 2 amide bonds. The van der Waals surface area contributed by atoms with Crippen LogP contribution < -0.4 is 10.6 Å². The summed E-state index contributed by atoms with van der Waals surface area (Å²) in [6.45, 7) is 3.57. The predicted octanol–water partition coefficient (Wildman–Crippen LogP) is 1.84. The number of benzene rings is 1. The third kappa shape index (κ3) is 4.55. The molecule has 0 fully saturated rings. The van der Waals surface area contributed by atoms with Gasteiger partial charge in [-0.2, -0.15) is 0 Å². The Hall–Kier alpha value is -2.04. The van der Waals surface area contributed by atoms with E-state index in [1.54, 1.807) is 6.07 Å². The zero-order valence-electron chi connectivity index (χ0n) is 9.86. The fraction of sp³-hybridized carbons (Fsp3) is 0.333. The minimum absolute atomic E-state index is 0.104. The maximum Gasteiger partial charge on any atom is 0.319 e. The van der Waals surface area contributed by atoms with Gasteiger partial charge in [0.15, 0.2) is 0 Å². The lowest BCUT2D eigenvalue weighted by atomic mass is 10.2. The first-order valence-corrected chi connectivity index (χ1v) is 5.33. The van der Waals surface area contributed by atoms with Crippen molar-refractivity contribution in [2.24, 2.45) is 5.92 Å². The molecule has 17 heavy (non-hydrogen) atoms. The highest BCUT2D eigenvalue weighted by Gasteiger charge is 2.11. The summed E-state index contributed by atoms with van der Waals surface area (Å²) in [4.78, 5) is 22.0. The van der Waals surface area contributed by atoms with Crippen LogP contribution in [-0.4, -0.2) is 23.7 Å². The number of urea groups is 1. The fourth-order valence-electron chi connectivity index (χ4n) is 1.23. The molecular formula is C12H16N2O3. The summed E-state index contributed by atoms with van der Waals surface area (Å²) in [6.07, 6.45) is 0. The largest absolute Gasteiger partial charge is 0.481 e. The number of aryl methyl sites for hydroxylation is 1. The molecule has 0 aliphatic carbocycles. The first kappa shape index (κ1) is 13.0. The van der Waals surface area contributed by atoms with Crippen LogP contribution in [0.15, 0.2) is 24.3 Å². The quantitative estimate of drug-likeness (QED) is 0.746. The number of hydrogen-bond acceptors (Lipinski definition) is 2. The zero-order valence-corrected chi connectivity index (χ0v) is 9.86. The van der Waals surface area contributed by atoms with E-state index in [4.69, 9.17) is 5.11 Å². The van der Waals surface area contributed by atoms with Crippen LogP contribution in [0, 0.1) is 12.8 Å². The van der Waals surface area contributed by atoms with Crippen molar-refractivity contribution in [2.45, 2.75) is 13.8 Å². The number of aliphatic carboxylic acids is 1. The van der Waals surface area contributed by atoms with E-state index in [1.165, 1.54) is 6.92 Å². The van der Waals surface area contributed by atoms with E-state index in [0.717, 1.165) is 5.56 Å². The lowest BCUT2D eigenvalue weighted by Gasteiger charge is -2.10. The molecule has 92 valence electrons. The van der Waals surface area contributed by atoms with Crippen LogP contribution in [0.3, 0.4) is 0 Å². The van der Waals surface area contributed by atoms with E-state index in [-0.39, 0.29) is 6.54 Å². The van der Waals surface area contributed by atoms with E-state index in [9.17, 15) is 9.59 Å². The molecule has 0 heterocycles. The van der Waals surface area contributed by atoms with Gasteiger partial charge >= 0.3 is 12.0 Å². The van der Waals surface area contributed by atoms with Gasteiger partial charge in [0.05, 0.1) is 5.92 Å². The number of carboxylic acids is 1. The normalized spacial score (nSPS) is 11.6. The van der Waals surface area contributed by atoms with Gasteiger partial charge in [0.2, 0.25) is 0 Å². The van der Waals surface area contributed by atoms with Crippen molar-refractivity contribution in [3.8, 4) is 0 Å². The highest BCUT2D eigenvalue weighted by molar-refractivity contribution is 5.89. The second-order valence-corrected chi connectivity index (χ2v) is 3.94. The Kier molecular flexibility index (Phi) is 4.51. The van der Waals surface area contributed by atoms with E-state index in [1.807, 2.05) is 25.1 Å². The van der Waals surface area contributed by atoms with Crippen LogP contribution in [0.4, 0.5) is 10.5 Å². The molecule has 0 aliphatic rings. The summed E-state index contributed by atoms with van der Waals surface area (Å²) in [6, 6.07) is 6.97. The first-order chi connectivity index (χ1) is 7.99. The standard InChI is InChI=1S/C12H16N2O3/c1-8-4-3-5-10(6-8)14-12(17)13-7-9(2)11(15)16/h3-6,9H,7H2,1-2H3,(H,15,16)(H2,13,14,17). The third-order valence-corrected chi connectivity index (χ3v) is 2.27. The molecule has 5 heteroatoms. The Balaban J connectivity index is 2.42. The van der Waals surface area contributed by atoms with Gasteiger partial charge in [-0.05, 0) is 24.6 Å². The molecule has 3 N–H and O–H groups in total. The van der Waals surface area contributed by atoms with Gasteiger partial charge in [0.25, 0.3) is 0 Å². The average Bonchev–Trinajstić information content (AvgIpc) is 2.25. The van der Waals surface area contributed by atoms with Crippen LogP contribution in [0.25, 0.3) is 0 Å². The van der Waals surface area contributed by atoms with Crippen molar-refractivity contribution >= 4 is 17.7 Å². The summed E-state index contributed by atoms with van der Waals surface area (Å²) >= 11 is 0. The van der Waals surface area contributed by atoms with Gasteiger partial charge in [-0.3, -0.25) is 4.79 Å². The molecule has 5 nitrogen and oxygen atoms in total. The molecule has 1 unspecified atom stereocenters. The summed E-state index contributed by atoms with van der Waals surface area (Å²) < 4.78 is 0. The molecule has 1 aromatic rings. The molecule has 0 aromatic heterocycles. The molecule has 1 aromatic carbocycles. The maximum atomic E-state index is 11.4. The molecular weight excluding hydrogens is 220 g/mol. The molecule has 1 atom stereocenters. The Bertz CT molecular complexity index is 418. The molecule has 0 saturated carbocycles. The zero-order chi connectivity index (χ0) is 12.8. The van der Waals surface area contributed by atoms with Crippen molar-refractivity contribution in [3.63, 3.8) is 0 Å². The monoisotopic (exact) mass is 236 g/mol. The highest BCUT2D eigenvalue weighted by Crippen LogP contribution is 2.08. The Morgan fingerprint density at radius 3 is 2.71 bits per heavy atom. The van der Waals surface area contributed by atoms with Crippen molar-refractivity contribution in [3.05, 3.63) is 29.8 Å². The van der Waals surface area contributed by atoms with Gasteiger partial charge in [-0.15, -0.1) is 0 Å². The van der Waals surface area contributed by atoms with Crippen LogP contribution >= 0.6 is 0 Å². The summed E-state index contributed by atoms with van der Waals surface area (Å²) in [5.41, 5.74) is 1.73. The van der Waals surface area contributed by atoms with Gasteiger partial charge in [-0.25, -0.2) is 4.79 Å². The molecule has 0 bridgehead atoms. The van der Waals surface area contributed by atoms with Crippen molar-refractivity contribution in [2.75, 3.05) is 11.9 Å². The third-order valence-electron chi connectivity index (χ3n) is 2.27. The molecule has 0 radical (unpaired) electrons. The smallest absolute Gasteiger partial charge is 0.319 e. The Morgan fingerprint density at radius 1 is 1.41 bits per heavy atom. The number of nitrogens with one attached hydrogen (secondary N) is 2. The second-order valence-electron chi connectivity index (χ2n) is 3.94. The number of carbonyl (C=O) groups excluding carboxylic acids is 1. The Labute approximate surface area is 99.8 Å². The fourth-order valence-corrected chi connectivity index (χ4v) is 1.23. The van der Waals surface area contributed by atoms with E-state index < -0.39 is 17.9 Å². The minimum Gasteiger partial charge on any atom is -0.481 e. The summed E-state index contributed by atoms with van der Waals surface area (Å²) in [5.74, 6) is -1.53. The number of amides is 2. The van der Waals surface area contributed by atoms with Crippen molar-refractivity contribution in [1.29, 1.82) is 0 Å². The lowest BCUT2D eigenvalue weighted by Crippen LogP contribution is -2.34. The summed E-state index contributed by atoms with van der Waals surface area (Å²) in [5, 5.41) is 13.8. The molecule has 0 aliphatic heterocycles. The first-order valence-electron chi connectivity index (χ1n) is 5.33. The number of rotatable bonds is 4. The van der Waals surface area contributed by atoms with Crippen LogP contribution in [-0.2, 0) is 4.79 Å². The van der Waals surface area contributed by atoms with Crippen LogP contribution in [0.2, 0.25) is 0 Å². The van der Waals surface area contributed by atoms with Gasteiger partial charge in [-0.1, -0.05) is 19.1 Å². The average molecular weight is 236 g/mol. The van der Waals surface area contributed by atoms with Crippen molar-refractivity contribution < 1.29 is 14.7 Å². The predicted molar refractivity (Wildman–Crippen MR) is 65.0 cm³/mol. The number of carbonyl (C=O) groups is 2. The number of carboxylic acid groups (broad SMARTS) is 1. The second kappa shape index (κ2) is 5.89. The topological polar surface area (TPSA) is 78.4 Å². The van der Waals surface area contributed by atoms with Crippen LogP contribution in [0.1, 0.15) is 12.5 Å². The molecule has 0 saturated heterocycles. The minimum atomic E-state index is -0.930. The van der Waals surface area contributed by atoms with Gasteiger partial charge < -0.3 is 15.7 Å². The molecule has 0 spiro atoms. The van der Waals surface area contributed by atoms with Gasteiger partial charge in [0, 0.05) is 12.2 Å². The highest BCUT2D eigenvalue weighted by atomic mass is 16.4. The Morgan fingerprint density at radius 2 is 2.12 bits per heavy atom. The van der Waals surface area contributed by atoms with Gasteiger partial charge in [0.1, 0.15) is 0 Å². The molecule has 1 rings (SSSR count). The van der Waals surface area contributed by atoms with Crippen molar-refractivity contribution in [1.82, 2.24) is 5.32 Å². The van der Waals surface area contributed by atoms with E-state index in [2.05, 4.69) is 10.6 Å². The lowest BCUT2D eigenvalue weighted by molar-refractivity contribution is -0.140. The SMILES string of the molecule is Cc1cccc(NC(=O)NCC(C)C(=O)O)c1. The number of hydrogen-bond donors (Lipinski definition) is 3. The maximum absolute atomic E-state index is 11.4. The van der Waals surface area contributed by atoms with E-state index >= 15 is 0 Å². The van der Waals surface area contributed by atoms with Crippen LogP contribution in [0.5, 0.6) is 0 Å². The van der Waals surface area contributed by atoms with E-state index in [0.29, 0.717) is 5.69 Å².